The molecule has 162 valence electrons. The molecule has 4 rings (SSSR count). The molecule has 0 bridgehead atoms. The number of halogens is 1. The van der Waals surface area contributed by atoms with Crippen molar-refractivity contribution >= 4 is 38.6 Å². The van der Waals surface area contributed by atoms with Crippen molar-refractivity contribution in [2.24, 2.45) is 4.99 Å². The Morgan fingerprint density at radius 3 is 2.47 bits per heavy atom. The molecule has 0 saturated carbocycles. The van der Waals surface area contributed by atoms with Crippen LogP contribution < -0.4 is 4.80 Å². The van der Waals surface area contributed by atoms with Crippen LogP contribution >= 0.6 is 27.3 Å². The van der Waals surface area contributed by atoms with Crippen molar-refractivity contribution in [3.8, 4) is 11.3 Å². The molecule has 0 aliphatic carbocycles. The van der Waals surface area contributed by atoms with Crippen LogP contribution in [-0.2, 0) is 6.42 Å². The van der Waals surface area contributed by atoms with Crippen LogP contribution in [0.5, 0.6) is 0 Å². The van der Waals surface area contributed by atoms with E-state index in [4.69, 9.17) is 4.99 Å². The third-order valence-corrected chi connectivity index (χ3v) is 6.85. The molecule has 0 amide bonds. The molecule has 1 aromatic heterocycles. The van der Waals surface area contributed by atoms with Crippen molar-refractivity contribution in [2.75, 3.05) is 0 Å². The highest BCUT2D eigenvalue weighted by Gasteiger charge is 2.18. The van der Waals surface area contributed by atoms with E-state index in [9.17, 15) is 10.1 Å². The minimum absolute atomic E-state index is 0.00632. The number of benzene rings is 3. The number of nitrogens with zero attached hydrogens (tertiary/aromatic N) is 3. The van der Waals surface area contributed by atoms with Gasteiger partial charge in [-0.15, -0.1) is 11.3 Å². The smallest absolute Gasteiger partial charge is 0.294 e. The van der Waals surface area contributed by atoms with Gasteiger partial charge in [0.1, 0.15) is 5.69 Å². The number of aryl methyl sites for hydroxylation is 1. The second-order valence-corrected chi connectivity index (χ2v) is 9.18. The molecular weight excluding hydrogens is 486 g/mol. The molecule has 4 aromatic rings. The van der Waals surface area contributed by atoms with Crippen molar-refractivity contribution < 1.29 is 4.92 Å². The number of rotatable bonds is 7. The number of nitro groups is 1. The molecule has 0 N–H and O–H groups in total. The summed E-state index contributed by atoms with van der Waals surface area (Å²) in [4.78, 5) is 16.6. The normalized spacial score (nSPS) is 12.6. The number of para-hydroxylation sites is 2. The molecule has 0 saturated heterocycles. The molecule has 1 atom stereocenters. The summed E-state index contributed by atoms with van der Waals surface area (Å²) in [5.41, 5.74) is 3.77. The highest BCUT2D eigenvalue weighted by atomic mass is 79.9. The van der Waals surface area contributed by atoms with Crippen LogP contribution in [0.4, 0.5) is 11.4 Å². The van der Waals surface area contributed by atoms with Crippen LogP contribution in [-0.4, -0.2) is 9.49 Å². The van der Waals surface area contributed by atoms with Gasteiger partial charge in [-0.25, -0.2) is 4.99 Å². The van der Waals surface area contributed by atoms with Crippen molar-refractivity contribution in [3.63, 3.8) is 0 Å². The first-order valence-corrected chi connectivity index (χ1v) is 12.0. The fraction of sp³-hybridized carbons (Fsp3) is 0.160. The van der Waals surface area contributed by atoms with Gasteiger partial charge in [0.2, 0.25) is 0 Å². The zero-order valence-corrected chi connectivity index (χ0v) is 19.9. The van der Waals surface area contributed by atoms with Gasteiger partial charge < -0.3 is 4.57 Å². The van der Waals surface area contributed by atoms with Crippen LogP contribution in [0.2, 0.25) is 0 Å². The Balaban J connectivity index is 1.81. The molecule has 7 heteroatoms. The summed E-state index contributed by atoms with van der Waals surface area (Å²) >= 11 is 5.17. The van der Waals surface area contributed by atoms with Crippen molar-refractivity contribution in [1.29, 1.82) is 0 Å². The summed E-state index contributed by atoms with van der Waals surface area (Å²) < 4.78 is 3.20. The molecule has 0 radical (unpaired) electrons. The third-order valence-electron chi connectivity index (χ3n) is 5.32. The lowest BCUT2D eigenvalue weighted by molar-refractivity contribution is -0.384. The van der Waals surface area contributed by atoms with Crippen LogP contribution in [0, 0.1) is 10.1 Å². The SMILES string of the molecule is CC(CCc1ccccc1)n1c(-c2ccccc2Br)csc1=Nc1ccccc1[N+](=O)[O-]. The number of nitro benzene ring substituents is 1. The van der Waals surface area contributed by atoms with E-state index >= 15 is 0 Å². The second kappa shape index (κ2) is 10.1. The predicted octanol–water partition coefficient (Wildman–Crippen LogP) is 7.31. The minimum atomic E-state index is -0.385. The fourth-order valence-electron chi connectivity index (χ4n) is 3.66. The molecule has 5 nitrogen and oxygen atoms in total. The lowest BCUT2D eigenvalue weighted by atomic mass is 10.1. The minimum Gasteiger partial charge on any atom is -0.314 e. The summed E-state index contributed by atoms with van der Waals surface area (Å²) in [6, 6.07) is 25.3. The summed E-state index contributed by atoms with van der Waals surface area (Å²) in [6.45, 7) is 2.18. The summed E-state index contributed by atoms with van der Waals surface area (Å²) in [6.07, 6.45) is 1.85. The van der Waals surface area contributed by atoms with E-state index in [1.165, 1.54) is 23.0 Å². The van der Waals surface area contributed by atoms with Crippen molar-refractivity contribution in [2.45, 2.75) is 25.8 Å². The Morgan fingerprint density at radius 1 is 1.03 bits per heavy atom. The van der Waals surface area contributed by atoms with Crippen LogP contribution in [0.3, 0.4) is 0 Å². The van der Waals surface area contributed by atoms with Crippen LogP contribution in [0.1, 0.15) is 24.9 Å². The third kappa shape index (κ3) is 4.89. The number of hydrogen-bond donors (Lipinski definition) is 0. The molecule has 0 fully saturated rings. The van der Waals surface area contributed by atoms with Gasteiger partial charge in [0.05, 0.1) is 10.6 Å². The summed E-state index contributed by atoms with van der Waals surface area (Å²) in [5.74, 6) is 0. The standard InChI is InChI=1S/C25H22BrN3O2S/c1-18(15-16-19-9-3-2-4-10-19)28-24(20-11-5-6-12-21(20)26)17-32-25(28)27-22-13-7-8-14-23(22)29(30)31/h2-14,17-18H,15-16H2,1H3. The zero-order chi connectivity index (χ0) is 22.5. The topological polar surface area (TPSA) is 60.4 Å². The molecular formula is C25H22BrN3O2S. The van der Waals surface area contributed by atoms with Crippen molar-refractivity contribution in [1.82, 2.24) is 4.57 Å². The monoisotopic (exact) mass is 507 g/mol. The summed E-state index contributed by atoms with van der Waals surface area (Å²) in [7, 11) is 0. The first kappa shape index (κ1) is 22.2. The molecule has 0 aliphatic heterocycles. The molecule has 1 unspecified atom stereocenters. The van der Waals surface area contributed by atoms with Gasteiger partial charge in [0, 0.05) is 27.5 Å². The van der Waals surface area contributed by atoms with Crippen molar-refractivity contribution in [3.05, 3.63) is 109 Å². The highest BCUT2D eigenvalue weighted by molar-refractivity contribution is 9.10. The van der Waals surface area contributed by atoms with Gasteiger partial charge in [-0.2, -0.15) is 0 Å². The fourth-order valence-corrected chi connectivity index (χ4v) is 5.15. The largest absolute Gasteiger partial charge is 0.314 e. The first-order valence-electron chi connectivity index (χ1n) is 10.3. The van der Waals surface area contributed by atoms with E-state index in [0.29, 0.717) is 5.69 Å². The van der Waals surface area contributed by atoms with E-state index in [-0.39, 0.29) is 16.7 Å². The Kier molecular flexibility index (Phi) is 6.97. The predicted molar refractivity (Wildman–Crippen MR) is 133 cm³/mol. The quantitative estimate of drug-likeness (QED) is 0.194. The van der Waals surface area contributed by atoms with E-state index in [0.717, 1.165) is 33.4 Å². The molecule has 1 heterocycles. The Morgan fingerprint density at radius 2 is 1.72 bits per heavy atom. The average molecular weight is 508 g/mol. The van der Waals surface area contributed by atoms with E-state index in [1.807, 2.05) is 24.3 Å². The van der Waals surface area contributed by atoms with Crippen LogP contribution in [0.15, 0.2) is 93.7 Å². The molecule has 0 spiro atoms. The van der Waals surface area contributed by atoms with Gasteiger partial charge in [-0.05, 0) is 37.5 Å². The highest BCUT2D eigenvalue weighted by Crippen LogP contribution is 2.32. The van der Waals surface area contributed by atoms with E-state index in [1.54, 1.807) is 18.2 Å². The Hall–Kier alpha value is -3.03. The van der Waals surface area contributed by atoms with Gasteiger partial charge in [0.25, 0.3) is 5.69 Å². The van der Waals surface area contributed by atoms with E-state index in [2.05, 4.69) is 63.1 Å². The maximum Gasteiger partial charge on any atom is 0.294 e. The van der Waals surface area contributed by atoms with E-state index < -0.39 is 0 Å². The summed E-state index contributed by atoms with van der Waals surface area (Å²) in [5, 5.41) is 13.6. The molecule has 0 aliphatic rings. The molecule has 3 aromatic carbocycles. The number of hydrogen-bond acceptors (Lipinski definition) is 4. The lowest BCUT2D eigenvalue weighted by Crippen LogP contribution is -2.20. The molecule has 32 heavy (non-hydrogen) atoms. The Bertz CT molecular complexity index is 1300. The first-order chi connectivity index (χ1) is 15.5. The average Bonchev–Trinajstić information content (AvgIpc) is 3.22. The maximum atomic E-state index is 11.5. The number of aromatic nitrogens is 1. The van der Waals surface area contributed by atoms with Gasteiger partial charge in [0.15, 0.2) is 4.80 Å². The maximum absolute atomic E-state index is 11.5. The van der Waals surface area contributed by atoms with Gasteiger partial charge >= 0.3 is 0 Å². The Labute approximate surface area is 199 Å². The van der Waals surface area contributed by atoms with Gasteiger partial charge in [-0.3, -0.25) is 10.1 Å². The zero-order valence-electron chi connectivity index (χ0n) is 17.5. The van der Waals surface area contributed by atoms with Gasteiger partial charge in [-0.1, -0.05) is 76.6 Å². The number of thiazole rings is 1. The lowest BCUT2D eigenvalue weighted by Gasteiger charge is -2.18. The van der Waals surface area contributed by atoms with Crippen LogP contribution in [0.25, 0.3) is 11.3 Å². The second-order valence-electron chi connectivity index (χ2n) is 7.48.